The Morgan fingerprint density at radius 3 is 2.25 bits per heavy atom. The van der Waals surface area contributed by atoms with Crippen molar-refractivity contribution in [1.82, 2.24) is 0 Å². The first-order chi connectivity index (χ1) is 5.56. The minimum atomic E-state index is -0.104. The molecule has 0 rings (SSSR count). The molecule has 12 heavy (non-hydrogen) atoms. The van der Waals surface area contributed by atoms with Crippen LogP contribution in [-0.4, -0.2) is 22.2 Å². The van der Waals surface area contributed by atoms with Crippen LogP contribution >= 0.6 is 11.8 Å². The molecule has 0 aliphatic heterocycles. The highest BCUT2D eigenvalue weighted by molar-refractivity contribution is 7.99. The van der Waals surface area contributed by atoms with E-state index in [9.17, 15) is 5.11 Å². The van der Waals surface area contributed by atoms with Crippen molar-refractivity contribution in [3.63, 3.8) is 0 Å². The average Bonchev–Trinajstić information content (AvgIpc) is 2.00. The highest BCUT2D eigenvalue weighted by Gasteiger charge is 2.09. The number of hydrogen-bond acceptors (Lipinski definition) is 2. The second-order valence-electron chi connectivity index (χ2n) is 3.79. The number of hydrogen-bond donors (Lipinski definition) is 1. The molecule has 1 nitrogen and oxygen atoms in total. The molecule has 0 spiro atoms. The zero-order valence-corrected chi connectivity index (χ0v) is 9.53. The van der Waals surface area contributed by atoms with Crippen molar-refractivity contribution >= 4 is 11.8 Å². The van der Waals surface area contributed by atoms with Crippen molar-refractivity contribution in [2.24, 2.45) is 5.92 Å². The molecule has 0 aromatic carbocycles. The Balaban J connectivity index is 3.39. The molecule has 0 aliphatic carbocycles. The molecule has 2 heteroatoms. The van der Waals surface area contributed by atoms with Crippen LogP contribution in [0.15, 0.2) is 0 Å². The first-order valence-electron chi connectivity index (χ1n) is 4.85. The van der Waals surface area contributed by atoms with Gasteiger partial charge in [0.2, 0.25) is 0 Å². The van der Waals surface area contributed by atoms with Crippen molar-refractivity contribution in [3.05, 3.63) is 0 Å². The van der Waals surface area contributed by atoms with Crippen molar-refractivity contribution < 1.29 is 5.11 Å². The SMILES string of the molecule is CCC(C)CC(O)CSC(C)C. The highest BCUT2D eigenvalue weighted by atomic mass is 32.2. The van der Waals surface area contributed by atoms with E-state index >= 15 is 0 Å². The lowest BCUT2D eigenvalue weighted by atomic mass is 10.0. The van der Waals surface area contributed by atoms with Crippen molar-refractivity contribution in [1.29, 1.82) is 0 Å². The van der Waals surface area contributed by atoms with E-state index in [1.54, 1.807) is 0 Å². The molecule has 0 radical (unpaired) electrons. The van der Waals surface area contributed by atoms with E-state index in [-0.39, 0.29) is 6.10 Å². The Hall–Kier alpha value is 0.310. The van der Waals surface area contributed by atoms with Crippen LogP contribution in [0.3, 0.4) is 0 Å². The molecule has 2 atom stereocenters. The lowest BCUT2D eigenvalue weighted by Gasteiger charge is -2.15. The van der Waals surface area contributed by atoms with E-state index in [4.69, 9.17) is 0 Å². The maximum absolute atomic E-state index is 9.58. The Bertz CT molecular complexity index is 104. The lowest BCUT2D eigenvalue weighted by molar-refractivity contribution is 0.167. The van der Waals surface area contributed by atoms with Gasteiger partial charge >= 0.3 is 0 Å². The van der Waals surface area contributed by atoms with Gasteiger partial charge in [-0.25, -0.2) is 0 Å². The molecule has 2 unspecified atom stereocenters. The third-order valence-corrected chi connectivity index (χ3v) is 3.24. The first kappa shape index (κ1) is 12.3. The van der Waals surface area contributed by atoms with Gasteiger partial charge in [0.15, 0.2) is 0 Å². The fourth-order valence-corrected chi connectivity index (χ4v) is 1.75. The average molecular weight is 190 g/mol. The van der Waals surface area contributed by atoms with E-state index in [0.717, 1.165) is 12.2 Å². The molecule has 0 amide bonds. The molecule has 0 heterocycles. The summed E-state index contributed by atoms with van der Waals surface area (Å²) in [7, 11) is 0. The van der Waals surface area contributed by atoms with Gasteiger partial charge in [0, 0.05) is 5.75 Å². The second-order valence-corrected chi connectivity index (χ2v) is 5.39. The molecule has 0 saturated carbocycles. The second kappa shape index (κ2) is 6.79. The summed E-state index contributed by atoms with van der Waals surface area (Å²) >= 11 is 1.84. The fraction of sp³-hybridized carbons (Fsp3) is 1.00. The Morgan fingerprint density at radius 1 is 1.25 bits per heavy atom. The summed E-state index contributed by atoms with van der Waals surface area (Å²) in [6, 6.07) is 0. The monoisotopic (exact) mass is 190 g/mol. The van der Waals surface area contributed by atoms with E-state index < -0.39 is 0 Å². The van der Waals surface area contributed by atoms with Crippen LogP contribution in [0.2, 0.25) is 0 Å². The zero-order valence-electron chi connectivity index (χ0n) is 8.71. The minimum Gasteiger partial charge on any atom is -0.392 e. The molecule has 0 aromatic rings. The van der Waals surface area contributed by atoms with E-state index in [0.29, 0.717) is 11.2 Å². The van der Waals surface area contributed by atoms with Crippen molar-refractivity contribution in [2.45, 2.75) is 51.9 Å². The standard InChI is InChI=1S/C10H22OS/c1-5-9(4)6-10(11)7-12-8(2)3/h8-11H,5-7H2,1-4H3. The van der Waals surface area contributed by atoms with Crippen LogP contribution in [0, 0.1) is 5.92 Å². The summed E-state index contributed by atoms with van der Waals surface area (Å²) in [5.41, 5.74) is 0. The van der Waals surface area contributed by atoms with Crippen LogP contribution in [-0.2, 0) is 0 Å². The third kappa shape index (κ3) is 6.99. The van der Waals surface area contributed by atoms with Crippen LogP contribution < -0.4 is 0 Å². The largest absolute Gasteiger partial charge is 0.392 e. The molecule has 0 aliphatic rings. The topological polar surface area (TPSA) is 20.2 Å². The van der Waals surface area contributed by atoms with Gasteiger partial charge in [0.25, 0.3) is 0 Å². The summed E-state index contributed by atoms with van der Waals surface area (Å²) < 4.78 is 0. The van der Waals surface area contributed by atoms with Crippen LogP contribution in [0.4, 0.5) is 0 Å². The number of aliphatic hydroxyl groups excluding tert-OH is 1. The molecule has 74 valence electrons. The molecule has 0 bridgehead atoms. The number of rotatable bonds is 6. The van der Waals surface area contributed by atoms with Gasteiger partial charge in [0.05, 0.1) is 6.10 Å². The Labute approximate surface area is 80.9 Å². The van der Waals surface area contributed by atoms with Gasteiger partial charge in [-0.05, 0) is 17.6 Å². The predicted octanol–water partition coefficient (Wildman–Crippen LogP) is 2.93. The van der Waals surface area contributed by atoms with Gasteiger partial charge in [-0.15, -0.1) is 0 Å². The Kier molecular flexibility index (Phi) is 6.96. The van der Waals surface area contributed by atoms with Gasteiger partial charge in [0.1, 0.15) is 0 Å². The highest BCUT2D eigenvalue weighted by Crippen LogP contribution is 2.16. The normalized spacial score (nSPS) is 16.5. The van der Waals surface area contributed by atoms with Gasteiger partial charge < -0.3 is 5.11 Å². The predicted molar refractivity (Wildman–Crippen MR) is 57.7 cm³/mol. The molecule has 0 fully saturated rings. The van der Waals surface area contributed by atoms with Gasteiger partial charge in [-0.3, -0.25) is 0 Å². The van der Waals surface area contributed by atoms with Crippen LogP contribution in [0.1, 0.15) is 40.5 Å². The van der Waals surface area contributed by atoms with Gasteiger partial charge in [-0.1, -0.05) is 34.1 Å². The van der Waals surface area contributed by atoms with E-state index in [1.807, 2.05) is 11.8 Å². The molecular formula is C10H22OS. The number of aliphatic hydroxyl groups is 1. The van der Waals surface area contributed by atoms with Crippen molar-refractivity contribution in [3.8, 4) is 0 Å². The maximum Gasteiger partial charge on any atom is 0.0633 e. The zero-order chi connectivity index (χ0) is 9.56. The first-order valence-corrected chi connectivity index (χ1v) is 5.90. The van der Waals surface area contributed by atoms with Gasteiger partial charge in [-0.2, -0.15) is 11.8 Å². The molecule has 0 aromatic heterocycles. The molecule has 1 N–H and O–H groups in total. The summed E-state index contributed by atoms with van der Waals surface area (Å²) in [4.78, 5) is 0. The lowest BCUT2D eigenvalue weighted by Crippen LogP contribution is -2.15. The van der Waals surface area contributed by atoms with E-state index in [1.165, 1.54) is 6.42 Å². The van der Waals surface area contributed by atoms with Crippen molar-refractivity contribution in [2.75, 3.05) is 5.75 Å². The smallest absolute Gasteiger partial charge is 0.0633 e. The minimum absolute atomic E-state index is 0.104. The third-order valence-electron chi connectivity index (χ3n) is 1.99. The van der Waals surface area contributed by atoms with Crippen LogP contribution in [0.25, 0.3) is 0 Å². The number of thioether (sulfide) groups is 1. The summed E-state index contributed by atoms with van der Waals surface area (Å²) in [6.07, 6.45) is 2.02. The summed E-state index contributed by atoms with van der Waals surface area (Å²) in [5.74, 6) is 1.55. The van der Waals surface area contributed by atoms with E-state index in [2.05, 4.69) is 27.7 Å². The summed E-state index contributed by atoms with van der Waals surface area (Å²) in [5, 5.41) is 10.2. The fourth-order valence-electron chi connectivity index (χ4n) is 1.00. The Morgan fingerprint density at radius 2 is 1.83 bits per heavy atom. The maximum atomic E-state index is 9.58. The quantitative estimate of drug-likeness (QED) is 0.695. The molecule has 0 saturated heterocycles. The summed E-state index contributed by atoms with van der Waals surface area (Å²) in [6.45, 7) is 8.71. The molecular weight excluding hydrogens is 168 g/mol. The van der Waals surface area contributed by atoms with Crippen LogP contribution in [0.5, 0.6) is 0 Å².